The van der Waals surface area contributed by atoms with Gasteiger partial charge in [0.25, 0.3) is 0 Å². The van der Waals surface area contributed by atoms with Crippen molar-refractivity contribution in [3.63, 3.8) is 0 Å². The molecule has 2 radical (unpaired) electrons. The molecule has 0 saturated heterocycles. The highest BCUT2D eigenvalue weighted by atomic mass is 16.3. The topological polar surface area (TPSA) is 37.3 Å². The molecule has 1 rings (SSSR count). The lowest BCUT2D eigenvalue weighted by atomic mass is 9.95. The van der Waals surface area contributed by atoms with Gasteiger partial charge in [-0.1, -0.05) is 43.6 Å². The third-order valence-electron chi connectivity index (χ3n) is 2.69. The zero-order valence-electron chi connectivity index (χ0n) is 14.0. The predicted octanol–water partition coefficient (Wildman–Crippen LogP) is 5.01. The maximum Gasteiger partial charge on any atom is 0.142 e. The van der Waals surface area contributed by atoms with Crippen molar-refractivity contribution in [1.29, 1.82) is 0 Å². The number of carbonyl (C=O) groups excluding carboxylic acids is 1. The van der Waals surface area contributed by atoms with Gasteiger partial charge in [-0.2, -0.15) is 0 Å². The molecule has 120 valence electrons. The normalized spacial score (nSPS) is 16.5. The molecule has 0 aromatic carbocycles. The van der Waals surface area contributed by atoms with Crippen LogP contribution in [-0.2, 0) is 4.79 Å². The molecule has 0 amide bonds. The highest BCUT2D eigenvalue weighted by Gasteiger charge is 2.08. The lowest BCUT2D eigenvalue weighted by Gasteiger charge is -2.14. The molecule has 0 bridgehead atoms. The molecule has 0 unspecified atom stereocenters. The van der Waals surface area contributed by atoms with E-state index in [1.807, 2.05) is 26.0 Å². The summed E-state index contributed by atoms with van der Waals surface area (Å²) in [5.74, 6) is 0. The maximum absolute atomic E-state index is 9.92. The van der Waals surface area contributed by atoms with E-state index in [4.69, 9.17) is 5.11 Å². The summed E-state index contributed by atoms with van der Waals surface area (Å²) in [7, 11) is 0. The highest BCUT2D eigenvalue weighted by Crippen LogP contribution is 2.21. The molecule has 2 nitrogen and oxygen atoms in total. The smallest absolute Gasteiger partial charge is 0.142 e. The summed E-state index contributed by atoms with van der Waals surface area (Å²) in [5, 5.41) is 9.02. The van der Waals surface area contributed by atoms with Crippen molar-refractivity contribution in [1.82, 2.24) is 0 Å². The lowest BCUT2D eigenvalue weighted by molar-refractivity contribution is -0.104. The molecule has 0 aromatic rings. The SMILES string of the molecule is CCCC(C)(C)O.O=C/C=C\C=C1\[CH]CCCC1.[CH2]C=C. The standard InChI is InChI=1S/C10H13O.C6H14O.C3H5/c11-9-5-4-8-10-6-2-1-3-7-10;1-4-5-6(2,3)7;1-3-2/h4-6,8-9H,1-3,7H2;7H,4-5H2,1-3H3;3H,1-2H2/b5-4-,10-8-;;. The van der Waals surface area contributed by atoms with Gasteiger partial charge in [-0.05, 0) is 59.0 Å². The molecular formula is C19H32O2. The van der Waals surface area contributed by atoms with Gasteiger partial charge in [-0.15, -0.1) is 6.58 Å². The Labute approximate surface area is 131 Å². The van der Waals surface area contributed by atoms with Crippen LogP contribution in [0, 0.1) is 13.3 Å². The summed E-state index contributed by atoms with van der Waals surface area (Å²) in [5.41, 5.74) is 0.920. The zero-order valence-corrected chi connectivity index (χ0v) is 14.0. The molecule has 1 saturated carbocycles. The predicted molar refractivity (Wildman–Crippen MR) is 92.8 cm³/mol. The first-order valence-electron chi connectivity index (χ1n) is 7.68. The second-order valence-corrected chi connectivity index (χ2v) is 5.56. The van der Waals surface area contributed by atoms with Gasteiger partial charge in [0.1, 0.15) is 6.29 Å². The van der Waals surface area contributed by atoms with Crippen molar-refractivity contribution < 1.29 is 9.90 Å². The minimum atomic E-state index is -0.450. The van der Waals surface area contributed by atoms with Crippen LogP contribution in [0.5, 0.6) is 0 Å². The summed E-state index contributed by atoms with van der Waals surface area (Å²) in [6, 6.07) is 0. The van der Waals surface area contributed by atoms with Crippen LogP contribution in [-0.4, -0.2) is 17.0 Å². The minimum absolute atomic E-state index is 0.450. The zero-order chi connectivity index (χ0) is 16.6. The Hall–Kier alpha value is -1.15. The van der Waals surface area contributed by atoms with Gasteiger partial charge in [0.05, 0.1) is 5.60 Å². The number of hydrogen-bond donors (Lipinski definition) is 1. The van der Waals surface area contributed by atoms with Crippen LogP contribution in [0.3, 0.4) is 0 Å². The molecule has 21 heavy (non-hydrogen) atoms. The van der Waals surface area contributed by atoms with Crippen molar-refractivity contribution >= 4 is 6.29 Å². The van der Waals surface area contributed by atoms with Crippen molar-refractivity contribution in [3.05, 3.63) is 49.8 Å². The molecule has 1 N–H and O–H groups in total. The largest absolute Gasteiger partial charge is 0.390 e. The van der Waals surface area contributed by atoms with Crippen LogP contribution in [0.15, 0.2) is 36.5 Å². The third kappa shape index (κ3) is 21.3. The van der Waals surface area contributed by atoms with Crippen LogP contribution in [0.4, 0.5) is 0 Å². The number of hydrogen-bond acceptors (Lipinski definition) is 2. The van der Waals surface area contributed by atoms with Crippen LogP contribution in [0.2, 0.25) is 0 Å². The minimum Gasteiger partial charge on any atom is -0.390 e. The van der Waals surface area contributed by atoms with Gasteiger partial charge in [-0.3, -0.25) is 4.79 Å². The lowest BCUT2D eigenvalue weighted by Crippen LogP contribution is -2.16. The first-order chi connectivity index (χ1) is 9.91. The summed E-state index contributed by atoms with van der Waals surface area (Å²) < 4.78 is 0. The Morgan fingerprint density at radius 1 is 1.33 bits per heavy atom. The quantitative estimate of drug-likeness (QED) is 0.584. The van der Waals surface area contributed by atoms with Crippen LogP contribution >= 0.6 is 0 Å². The summed E-state index contributed by atoms with van der Waals surface area (Å²) in [6.45, 7) is 12.2. The molecule has 1 aliphatic carbocycles. The van der Waals surface area contributed by atoms with Crippen LogP contribution in [0.25, 0.3) is 0 Å². The van der Waals surface area contributed by atoms with E-state index in [2.05, 4.69) is 26.8 Å². The van der Waals surface area contributed by atoms with Crippen molar-refractivity contribution in [2.75, 3.05) is 0 Å². The van der Waals surface area contributed by atoms with Gasteiger partial charge in [0.15, 0.2) is 0 Å². The summed E-state index contributed by atoms with van der Waals surface area (Å²) in [4.78, 5) is 9.92. The van der Waals surface area contributed by atoms with Crippen molar-refractivity contribution in [2.45, 2.75) is 64.9 Å². The van der Waals surface area contributed by atoms with E-state index in [9.17, 15) is 4.79 Å². The van der Waals surface area contributed by atoms with E-state index in [-0.39, 0.29) is 0 Å². The molecule has 0 aromatic heterocycles. The Bertz CT molecular complexity index is 298. The molecule has 1 fully saturated rings. The highest BCUT2D eigenvalue weighted by molar-refractivity contribution is 5.65. The van der Waals surface area contributed by atoms with Crippen LogP contribution in [0.1, 0.15) is 59.3 Å². The van der Waals surface area contributed by atoms with Crippen LogP contribution < -0.4 is 0 Å². The molecule has 1 aliphatic rings. The van der Waals surface area contributed by atoms with Crippen molar-refractivity contribution in [3.8, 4) is 0 Å². The van der Waals surface area contributed by atoms with Gasteiger partial charge in [0, 0.05) is 0 Å². The van der Waals surface area contributed by atoms with Crippen molar-refractivity contribution in [2.24, 2.45) is 0 Å². The number of aliphatic hydroxyl groups is 1. The average Bonchev–Trinajstić information content (AvgIpc) is 2.40. The summed E-state index contributed by atoms with van der Waals surface area (Å²) >= 11 is 0. The van der Waals surface area contributed by atoms with Gasteiger partial charge >= 0.3 is 0 Å². The summed E-state index contributed by atoms with van der Waals surface area (Å²) in [6.07, 6.45) is 16.8. The van der Waals surface area contributed by atoms with Gasteiger partial charge < -0.3 is 5.11 Å². The van der Waals surface area contributed by atoms with E-state index < -0.39 is 5.60 Å². The van der Waals surface area contributed by atoms with Gasteiger partial charge in [0.2, 0.25) is 0 Å². The number of rotatable bonds is 4. The molecule has 2 heteroatoms. The fourth-order valence-corrected chi connectivity index (χ4v) is 1.85. The molecule has 0 spiro atoms. The first-order valence-corrected chi connectivity index (χ1v) is 7.68. The third-order valence-corrected chi connectivity index (χ3v) is 2.69. The fraction of sp³-hybridized carbons (Fsp3) is 0.526. The second kappa shape index (κ2) is 15.2. The number of carbonyl (C=O) groups is 1. The Morgan fingerprint density at radius 3 is 2.29 bits per heavy atom. The molecular weight excluding hydrogens is 260 g/mol. The van der Waals surface area contributed by atoms with E-state index in [1.165, 1.54) is 43.4 Å². The van der Waals surface area contributed by atoms with E-state index >= 15 is 0 Å². The molecule has 0 atom stereocenters. The van der Waals surface area contributed by atoms with E-state index in [1.54, 1.807) is 0 Å². The number of allylic oxidation sites excluding steroid dienone is 5. The first kappa shape index (κ1) is 22.1. The second-order valence-electron chi connectivity index (χ2n) is 5.56. The fourth-order valence-electron chi connectivity index (χ4n) is 1.85. The van der Waals surface area contributed by atoms with Gasteiger partial charge in [-0.25, -0.2) is 0 Å². The van der Waals surface area contributed by atoms with E-state index in [0.717, 1.165) is 19.1 Å². The monoisotopic (exact) mass is 292 g/mol. The Balaban J connectivity index is 0. The average molecular weight is 292 g/mol. The van der Waals surface area contributed by atoms with E-state index in [0.29, 0.717) is 0 Å². The Morgan fingerprint density at radius 2 is 1.95 bits per heavy atom. The molecule has 0 aliphatic heterocycles. The Kier molecular flexibility index (Phi) is 16.1. The maximum atomic E-state index is 9.92. The molecule has 0 heterocycles. The number of aldehydes is 1.